The summed E-state index contributed by atoms with van der Waals surface area (Å²) in [5.74, 6) is -1.84. The highest BCUT2D eigenvalue weighted by Crippen LogP contribution is 2.41. The third-order valence-electron chi connectivity index (χ3n) is 3.95. The number of rotatable bonds is 4. The summed E-state index contributed by atoms with van der Waals surface area (Å²) in [5.41, 5.74) is 0.321. The zero-order chi connectivity index (χ0) is 20.9. The highest BCUT2D eigenvalue weighted by atomic mass is 32.2. The molecule has 150 valence electrons. The zero-order valence-electron chi connectivity index (χ0n) is 14.8. The van der Waals surface area contributed by atoms with Gasteiger partial charge in [0.25, 0.3) is 10.0 Å². The largest absolute Gasteiger partial charge is 0.452 e. The number of halogens is 4. The van der Waals surface area contributed by atoms with Crippen LogP contribution in [0.15, 0.2) is 33.7 Å². The Kier molecular flexibility index (Phi) is 5.00. The van der Waals surface area contributed by atoms with Gasteiger partial charge in [-0.3, -0.25) is 4.72 Å². The number of nitrogens with one attached hydrogen (secondary N) is 1. The molecule has 0 atom stereocenters. The van der Waals surface area contributed by atoms with E-state index < -0.39 is 27.8 Å². The maximum Gasteiger partial charge on any atom is 0.452 e. The molecular weight excluding hydrogens is 420 g/mol. The summed E-state index contributed by atoms with van der Waals surface area (Å²) in [6.07, 6.45) is -4.74. The Labute approximate surface area is 162 Å². The van der Waals surface area contributed by atoms with Crippen LogP contribution in [0.25, 0.3) is 11.3 Å². The Morgan fingerprint density at radius 3 is 2.36 bits per heavy atom. The molecule has 0 aliphatic heterocycles. The fourth-order valence-corrected chi connectivity index (χ4v) is 5.75. The second kappa shape index (κ2) is 6.89. The summed E-state index contributed by atoms with van der Waals surface area (Å²) < 4.78 is 84.4. The highest BCUT2D eigenvalue weighted by molar-refractivity contribution is 7.93. The number of nitrogens with zero attached hydrogens (tertiary/aromatic N) is 1. The molecular formula is C17H14F4N2O3S2. The number of benzene rings is 1. The van der Waals surface area contributed by atoms with E-state index in [9.17, 15) is 26.0 Å². The topological polar surface area (TPSA) is 72.2 Å². The lowest BCUT2D eigenvalue weighted by Gasteiger charge is -2.12. The van der Waals surface area contributed by atoms with Crippen LogP contribution in [-0.2, 0) is 16.2 Å². The lowest BCUT2D eigenvalue weighted by atomic mass is 10.1. The smallest absolute Gasteiger partial charge is 0.351 e. The molecule has 28 heavy (non-hydrogen) atoms. The van der Waals surface area contributed by atoms with E-state index in [1.807, 2.05) is 0 Å². The molecule has 3 rings (SSSR count). The second-order valence-electron chi connectivity index (χ2n) is 6.06. The number of aromatic nitrogens is 1. The minimum atomic E-state index is -4.74. The van der Waals surface area contributed by atoms with E-state index in [4.69, 9.17) is 0 Å². The number of alkyl halides is 3. The number of sulfonamides is 1. The highest BCUT2D eigenvalue weighted by Gasteiger charge is 2.37. The Hall–Kier alpha value is -2.40. The SMILES string of the molecule is Cc1cc(F)ccc1NS(=O)(=O)c1c(C)sc(C)c1-c1cc(C(F)(F)F)on1. The van der Waals surface area contributed by atoms with Gasteiger partial charge in [0.2, 0.25) is 5.76 Å². The Bertz CT molecular complexity index is 1150. The van der Waals surface area contributed by atoms with Crippen molar-refractivity contribution in [2.75, 3.05) is 4.72 Å². The molecule has 0 aliphatic rings. The molecule has 2 aromatic heterocycles. The molecule has 5 nitrogen and oxygen atoms in total. The molecule has 0 spiro atoms. The maximum absolute atomic E-state index is 13.3. The van der Waals surface area contributed by atoms with Crippen LogP contribution < -0.4 is 4.72 Å². The van der Waals surface area contributed by atoms with Crippen LogP contribution in [0, 0.1) is 26.6 Å². The normalized spacial score (nSPS) is 12.4. The third kappa shape index (κ3) is 3.76. The van der Waals surface area contributed by atoms with Crippen molar-refractivity contribution in [3.05, 3.63) is 51.2 Å². The van der Waals surface area contributed by atoms with Crippen LogP contribution >= 0.6 is 11.3 Å². The summed E-state index contributed by atoms with van der Waals surface area (Å²) in [5, 5.41) is 3.41. The molecule has 0 saturated heterocycles. The number of thiophene rings is 1. The van der Waals surface area contributed by atoms with Crippen molar-refractivity contribution in [1.82, 2.24) is 5.16 Å². The van der Waals surface area contributed by atoms with Gasteiger partial charge in [-0.1, -0.05) is 5.16 Å². The quantitative estimate of drug-likeness (QED) is 0.567. The van der Waals surface area contributed by atoms with Gasteiger partial charge < -0.3 is 4.52 Å². The molecule has 0 aliphatic carbocycles. The van der Waals surface area contributed by atoms with E-state index in [-0.39, 0.29) is 21.8 Å². The van der Waals surface area contributed by atoms with Gasteiger partial charge >= 0.3 is 6.18 Å². The Balaban J connectivity index is 2.11. The summed E-state index contributed by atoms with van der Waals surface area (Å²) in [7, 11) is -4.19. The van der Waals surface area contributed by atoms with Crippen molar-refractivity contribution in [3.63, 3.8) is 0 Å². The average molecular weight is 434 g/mol. The Morgan fingerprint density at radius 1 is 1.11 bits per heavy atom. The number of hydrogen-bond donors (Lipinski definition) is 1. The van der Waals surface area contributed by atoms with Gasteiger partial charge in [-0.05, 0) is 44.5 Å². The molecule has 0 amide bonds. The molecule has 11 heteroatoms. The minimum absolute atomic E-state index is 0.0361. The predicted octanol–water partition coefficient (Wildman–Crippen LogP) is 5.29. The fourth-order valence-electron chi connectivity index (χ4n) is 2.75. The standard InChI is InChI=1S/C17H14F4N2O3S2/c1-8-6-11(18)4-5-12(8)23-28(24,25)16-10(3)27-9(2)15(16)13-7-14(26-22-13)17(19,20)21/h4-7,23H,1-3H3. The summed E-state index contributed by atoms with van der Waals surface area (Å²) in [6.45, 7) is 4.65. The predicted molar refractivity (Wildman–Crippen MR) is 96.2 cm³/mol. The fraction of sp³-hybridized carbons (Fsp3) is 0.235. The van der Waals surface area contributed by atoms with Gasteiger partial charge in [0.05, 0.1) is 5.69 Å². The molecule has 1 N–H and O–H groups in total. The van der Waals surface area contributed by atoms with Gasteiger partial charge in [0, 0.05) is 21.4 Å². The van der Waals surface area contributed by atoms with E-state index >= 15 is 0 Å². The van der Waals surface area contributed by atoms with Crippen molar-refractivity contribution in [2.45, 2.75) is 31.8 Å². The van der Waals surface area contributed by atoms with E-state index in [0.717, 1.165) is 23.5 Å². The van der Waals surface area contributed by atoms with Gasteiger partial charge in [-0.15, -0.1) is 11.3 Å². The van der Waals surface area contributed by atoms with Gasteiger partial charge in [0.1, 0.15) is 16.4 Å². The molecule has 0 bridgehead atoms. The maximum atomic E-state index is 13.3. The van der Waals surface area contributed by atoms with E-state index in [1.54, 1.807) is 6.92 Å². The van der Waals surface area contributed by atoms with Crippen molar-refractivity contribution < 1.29 is 30.5 Å². The summed E-state index contributed by atoms with van der Waals surface area (Å²) in [6, 6.07) is 4.20. The van der Waals surface area contributed by atoms with Crippen LogP contribution in [0.1, 0.15) is 21.1 Å². The molecule has 2 heterocycles. The van der Waals surface area contributed by atoms with Gasteiger partial charge in [-0.25, -0.2) is 12.8 Å². The monoisotopic (exact) mass is 434 g/mol. The number of aryl methyl sites for hydroxylation is 3. The molecule has 0 saturated carbocycles. The van der Waals surface area contributed by atoms with Crippen molar-refractivity contribution >= 4 is 27.0 Å². The first-order valence-corrected chi connectivity index (χ1v) is 10.1. The molecule has 0 fully saturated rings. The number of anilines is 1. The lowest BCUT2D eigenvalue weighted by molar-refractivity contribution is -0.155. The first-order chi connectivity index (χ1) is 12.9. The first kappa shape index (κ1) is 20.3. The van der Waals surface area contributed by atoms with E-state index in [2.05, 4.69) is 14.4 Å². The lowest BCUT2D eigenvalue weighted by Crippen LogP contribution is -2.15. The van der Waals surface area contributed by atoms with Gasteiger partial charge in [-0.2, -0.15) is 13.2 Å². The van der Waals surface area contributed by atoms with Crippen LogP contribution in [0.2, 0.25) is 0 Å². The summed E-state index contributed by atoms with van der Waals surface area (Å²) >= 11 is 1.11. The van der Waals surface area contributed by atoms with Crippen molar-refractivity contribution in [3.8, 4) is 11.3 Å². The number of hydrogen-bond acceptors (Lipinski definition) is 5. The van der Waals surface area contributed by atoms with Crippen LogP contribution in [-0.4, -0.2) is 13.6 Å². The van der Waals surface area contributed by atoms with E-state index in [1.165, 1.54) is 19.9 Å². The molecule has 3 aromatic rings. The van der Waals surface area contributed by atoms with E-state index in [0.29, 0.717) is 21.4 Å². The summed E-state index contributed by atoms with van der Waals surface area (Å²) in [4.78, 5) is 0.646. The first-order valence-electron chi connectivity index (χ1n) is 7.83. The Morgan fingerprint density at radius 2 is 1.79 bits per heavy atom. The van der Waals surface area contributed by atoms with Crippen molar-refractivity contribution in [2.24, 2.45) is 0 Å². The second-order valence-corrected chi connectivity index (χ2v) is 9.11. The average Bonchev–Trinajstić information content (AvgIpc) is 3.14. The minimum Gasteiger partial charge on any atom is -0.351 e. The molecule has 1 aromatic carbocycles. The molecule has 0 unspecified atom stereocenters. The third-order valence-corrected chi connectivity index (χ3v) is 6.64. The van der Waals surface area contributed by atoms with Crippen LogP contribution in [0.5, 0.6) is 0 Å². The zero-order valence-corrected chi connectivity index (χ0v) is 16.4. The molecule has 0 radical (unpaired) electrons. The van der Waals surface area contributed by atoms with Crippen LogP contribution in [0.4, 0.5) is 23.2 Å². The van der Waals surface area contributed by atoms with Crippen molar-refractivity contribution in [1.29, 1.82) is 0 Å². The van der Waals surface area contributed by atoms with Gasteiger partial charge in [0.15, 0.2) is 0 Å². The van der Waals surface area contributed by atoms with Crippen LogP contribution in [0.3, 0.4) is 0 Å².